The Hall–Kier alpha value is -5.26. The molecular formula is C53H41IN4SZn. The van der Waals surface area contributed by atoms with Crippen molar-refractivity contribution in [3.05, 3.63) is 162 Å². The van der Waals surface area contributed by atoms with Crippen molar-refractivity contribution in [1.29, 1.82) is 0 Å². The van der Waals surface area contributed by atoms with Gasteiger partial charge in [-0.15, -0.1) is 22.1 Å². The second kappa shape index (κ2) is 17.0. The maximum atomic E-state index is 7.89. The number of hydrogen-bond donors (Lipinski definition) is 1. The number of aromatic nitrogens is 4. The summed E-state index contributed by atoms with van der Waals surface area (Å²) in [4.78, 5) is 21.9. The average molecular weight is 960 g/mol. The fourth-order valence-corrected chi connectivity index (χ4v) is 9.46. The maximum Gasteiger partial charge on any atom is 2.00 e. The minimum absolute atomic E-state index is 0. The summed E-state index contributed by atoms with van der Waals surface area (Å²) in [7, 11) is 0. The Kier molecular flexibility index (Phi) is 11.4. The topological polar surface area (TPSA) is 54.0 Å². The van der Waals surface area contributed by atoms with Crippen LogP contribution in [-0.2, 0) is 19.5 Å². The van der Waals surface area contributed by atoms with Crippen LogP contribution in [0.15, 0.2) is 97.1 Å². The molecule has 0 spiro atoms. The Morgan fingerprint density at radius 2 is 0.933 bits per heavy atom. The van der Waals surface area contributed by atoms with E-state index in [2.05, 4.69) is 198 Å². The first kappa shape index (κ1) is 40.2. The van der Waals surface area contributed by atoms with Crippen LogP contribution in [0.3, 0.4) is 0 Å². The maximum absolute atomic E-state index is 7.89. The molecule has 0 saturated carbocycles. The number of aryl methyl sites for hydroxylation is 6. The first-order valence-electron chi connectivity index (χ1n) is 20.2. The molecule has 1 unspecified atom stereocenters. The van der Waals surface area contributed by atoms with Gasteiger partial charge in [0.25, 0.3) is 0 Å². The molecule has 7 aromatic rings. The largest absolute Gasteiger partial charge is 2.00 e. The summed E-state index contributed by atoms with van der Waals surface area (Å²) in [5, 5.41) is 0. The van der Waals surface area contributed by atoms with Gasteiger partial charge in [0.05, 0.1) is 29.9 Å². The van der Waals surface area contributed by atoms with Gasteiger partial charge in [0.1, 0.15) is 0 Å². The zero-order valence-electron chi connectivity index (χ0n) is 35.4. The van der Waals surface area contributed by atoms with Crippen LogP contribution in [0.4, 0.5) is 0 Å². The zero-order chi connectivity index (χ0) is 41.8. The summed E-state index contributed by atoms with van der Waals surface area (Å²) in [5.74, 6) is 6.02. The van der Waals surface area contributed by atoms with E-state index in [9.17, 15) is 0 Å². The van der Waals surface area contributed by atoms with Gasteiger partial charge < -0.3 is 9.97 Å². The van der Waals surface area contributed by atoms with E-state index in [0.717, 1.165) is 121 Å². The number of halogens is 1. The molecule has 0 saturated heterocycles. The molecule has 1 atom stereocenters. The van der Waals surface area contributed by atoms with Crippen molar-refractivity contribution >= 4 is 81.6 Å². The third-order valence-electron chi connectivity index (χ3n) is 11.0. The molecule has 0 fully saturated rings. The van der Waals surface area contributed by atoms with Crippen molar-refractivity contribution < 1.29 is 20.8 Å². The van der Waals surface area contributed by atoms with Gasteiger partial charge in [-0.2, -0.15) is 12.6 Å². The number of rotatable bonds is 4. The molecule has 4 nitrogen and oxygen atoms in total. The number of thiol groups is 1. The smallest absolute Gasteiger partial charge is 0.657 e. The predicted molar refractivity (Wildman–Crippen MR) is 260 cm³/mol. The molecular weight excluding hydrogens is 917 g/mol. The molecule has 0 N–H and O–H groups in total. The SMILES string of the molecule is [3H]C(S)C#Cc1cccc(-c2c3nc(c(-c4c(C)cc(C)cc4C)c4ccc([n-]4)c(-c4cccc(I)c4)c4nc(c(-c5c(C)cc(C)cc5C)c5ccc2[n-]5)C=C4)C=C3)c1.[Zn+2]. The second-order valence-electron chi connectivity index (χ2n) is 15.4. The van der Waals surface area contributed by atoms with Crippen LogP contribution in [-0.4, -0.2) is 15.7 Å². The van der Waals surface area contributed by atoms with E-state index in [4.69, 9.17) is 21.3 Å². The minimum Gasteiger partial charge on any atom is -0.657 e. The number of hydrogen-bond acceptors (Lipinski definition) is 3. The van der Waals surface area contributed by atoms with Gasteiger partial charge >= 0.3 is 19.5 Å². The van der Waals surface area contributed by atoms with Crippen LogP contribution in [0.2, 0.25) is 0 Å². The van der Waals surface area contributed by atoms with E-state index in [-0.39, 0.29) is 19.5 Å². The molecule has 9 rings (SSSR count). The van der Waals surface area contributed by atoms with Gasteiger partial charge in [-0.25, -0.2) is 9.97 Å². The summed E-state index contributed by atoms with van der Waals surface area (Å²) in [5.41, 5.74) is 21.6. The normalized spacial score (nSPS) is 12.4. The van der Waals surface area contributed by atoms with E-state index in [1.165, 1.54) is 11.1 Å². The molecule has 288 valence electrons. The molecule has 7 heteroatoms. The van der Waals surface area contributed by atoms with E-state index in [1.807, 2.05) is 12.1 Å². The molecule has 8 bridgehead atoms. The van der Waals surface area contributed by atoms with E-state index in [1.54, 1.807) is 0 Å². The van der Waals surface area contributed by atoms with Crippen LogP contribution < -0.4 is 9.97 Å². The third kappa shape index (κ3) is 7.78. The van der Waals surface area contributed by atoms with Crippen LogP contribution in [0, 0.1) is 57.0 Å². The Morgan fingerprint density at radius 1 is 0.533 bits per heavy atom. The number of benzene rings is 4. The molecule has 0 aliphatic carbocycles. The van der Waals surface area contributed by atoms with Crippen LogP contribution in [0.5, 0.6) is 0 Å². The van der Waals surface area contributed by atoms with Crippen molar-refractivity contribution in [1.82, 2.24) is 19.9 Å². The van der Waals surface area contributed by atoms with Crippen molar-refractivity contribution in [2.45, 2.75) is 41.5 Å². The number of nitrogens with zero attached hydrogens (tertiary/aromatic N) is 4. The monoisotopic (exact) mass is 958 g/mol. The van der Waals surface area contributed by atoms with Gasteiger partial charge in [0.15, 0.2) is 0 Å². The van der Waals surface area contributed by atoms with Crippen LogP contribution in [0.1, 0.15) is 63.1 Å². The van der Waals surface area contributed by atoms with E-state index >= 15 is 0 Å². The van der Waals surface area contributed by atoms with Crippen molar-refractivity contribution in [3.8, 4) is 56.3 Å². The summed E-state index contributed by atoms with van der Waals surface area (Å²) in [6.45, 7) is 13.0. The Labute approximate surface area is 385 Å². The summed E-state index contributed by atoms with van der Waals surface area (Å²) in [6.07, 6.45) is 8.46. The first-order chi connectivity index (χ1) is 28.9. The predicted octanol–water partition coefficient (Wildman–Crippen LogP) is 13.3. The van der Waals surface area contributed by atoms with Crippen LogP contribution in [0.25, 0.3) is 90.9 Å². The third-order valence-corrected chi connectivity index (χ3v) is 11.8. The second-order valence-corrected chi connectivity index (χ2v) is 16.9. The standard InChI is InChI=1S/C53H41IN4S.Zn/c1-30-24-32(3)48(33(4)25-30)52-44-19-15-40(55-44)50(37-12-7-10-36(28-37)11-9-23-59)41-16-20-45(56-41)53(49-34(5)26-31(2)27-35(49)6)47-22-18-43(58-47)51(42-17-21-46(52)57-42)38-13-8-14-39(54)29-38;/h7-8,10,12-22,24-29H,23H2,1-6H3,(H-2,55,56,57,58,59);/q-2;+2/i23T;. The molecule has 60 heavy (non-hydrogen) atoms. The summed E-state index contributed by atoms with van der Waals surface area (Å²) < 4.78 is 9.03. The van der Waals surface area contributed by atoms with Gasteiger partial charge in [-0.1, -0.05) is 95.8 Å². The molecule has 3 aromatic heterocycles. The van der Waals surface area contributed by atoms with E-state index in [0.29, 0.717) is 0 Å². The average Bonchev–Trinajstić information content (AvgIpc) is 4.04. The quantitative estimate of drug-likeness (QED) is 0.0826. The molecule has 2 aliphatic heterocycles. The van der Waals surface area contributed by atoms with Crippen molar-refractivity contribution in [2.24, 2.45) is 0 Å². The first-order valence-corrected chi connectivity index (χ1v) is 21.2. The molecule has 0 amide bonds. The van der Waals surface area contributed by atoms with Crippen LogP contribution >= 0.6 is 35.2 Å². The van der Waals surface area contributed by atoms with E-state index < -0.39 is 5.73 Å². The fourth-order valence-electron chi connectivity index (χ4n) is 8.85. The van der Waals surface area contributed by atoms with Gasteiger partial charge in [0, 0.05) is 9.13 Å². The zero-order valence-corrected chi connectivity index (χ0v) is 40.5. The Bertz CT molecular complexity index is 3130. The molecule has 5 heterocycles. The summed E-state index contributed by atoms with van der Waals surface area (Å²) in [6, 6.07) is 34.0. The van der Waals surface area contributed by atoms with Gasteiger partial charge in [-0.05, 0) is 179 Å². The molecule has 0 radical (unpaired) electrons. The van der Waals surface area contributed by atoms with Gasteiger partial charge in [-0.3, -0.25) is 0 Å². The van der Waals surface area contributed by atoms with Crippen molar-refractivity contribution in [2.75, 3.05) is 5.73 Å². The Morgan fingerprint density at radius 3 is 1.37 bits per heavy atom. The fraction of sp³-hybridized carbons (Fsp3) is 0.132. The minimum atomic E-state index is -0.798. The summed E-state index contributed by atoms with van der Waals surface area (Å²) >= 11 is 6.57. The van der Waals surface area contributed by atoms with Crippen molar-refractivity contribution in [3.63, 3.8) is 0 Å². The van der Waals surface area contributed by atoms with Gasteiger partial charge in [0.2, 0.25) is 0 Å². The Balaban J connectivity index is 0.00000514. The molecule has 2 aliphatic rings. The molecule has 4 aromatic carbocycles. The number of fused-ring (bicyclic) bond motifs is 8.